The molecule has 0 spiro atoms. The quantitative estimate of drug-likeness (QED) is 0.485. The van der Waals surface area contributed by atoms with Gasteiger partial charge in [-0.2, -0.15) is 4.36 Å². The third kappa shape index (κ3) is 5.33. The molecule has 2 aromatic carbocycles. The van der Waals surface area contributed by atoms with Crippen LogP contribution < -0.4 is 14.8 Å². The van der Waals surface area contributed by atoms with E-state index in [1.165, 1.54) is 18.5 Å². The molecular weight excluding hydrogens is 471 g/mol. The van der Waals surface area contributed by atoms with Gasteiger partial charge in [-0.1, -0.05) is 0 Å². The van der Waals surface area contributed by atoms with Gasteiger partial charge in [0.15, 0.2) is 0 Å². The zero-order valence-electron chi connectivity index (χ0n) is 19.6. The van der Waals surface area contributed by atoms with Crippen molar-refractivity contribution < 1.29 is 23.2 Å². The minimum absolute atomic E-state index is 0.0981. The molecule has 0 radical (unpaired) electrons. The molecule has 8 nitrogen and oxygen atoms in total. The minimum Gasteiger partial charge on any atom is -0.496 e. The van der Waals surface area contributed by atoms with E-state index in [1.807, 2.05) is 0 Å². The van der Waals surface area contributed by atoms with Crippen LogP contribution in [0.1, 0.15) is 38.5 Å². The van der Waals surface area contributed by atoms with Gasteiger partial charge < -0.3 is 19.9 Å². The monoisotopic (exact) mass is 500 g/mol. The van der Waals surface area contributed by atoms with Crippen molar-refractivity contribution in [2.75, 3.05) is 23.9 Å². The number of methoxy groups -OCH3 is 1. The summed E-state index contributed by atoms with van der Waals surface area (Å²) in [7, 11) is -0.693. The highest BCUT2D eigenvalue weighted by Gasteiger charge is 2.23. The van der Waals surface area contributed by atoms with Crippen molar-refractivity contribution in [2.45, 2.75) is 50.7 Å². The molecule has 3 aromatic rings. The van der Waals surface area contributed by atoms with Crippen molar-refractivity contribution in [1.82, 2.24) is 9.97 Å². The van der Waals surface area contributed by atoms with Crippen LogP contribution in [-0.4, -0.2) is 50.1 Å². The van der Waals surface area contributed by atoms with Crippen LogP contribution in [0.2, 0.25) is 0 Å². The van der Waals surface area contributed by atoms with Gasteiger partial charge >= 0.3 is 0 Å². The molecule has 1 aromatic heterocycles. The molecule has 35 heavy (non-hydrogen) atoms. The second-order valence-corrected chi connectivity index (χ2v) is 11.6. The van der Waals surface area contributed by atoms with Gasteiger partial charge in [0.1, 0.15) is 29.5 Å². The molecule has 186 valence electrons. The molecule has 2 aliphatic rings. The largest absolute Gasteiger partial charge is 0.496 e. The Hall–Kier alpha value is -2.98. The number of nitrogens with zero attached hydrogens (tertiary/aromatic N) is 3. The van der Waals surface area contributed by atoms with E-state index < -0.39 is 15.5 Å². The molecule has 1 saturated carbocycles. The fourth-order valence-corrected chi connectivity index (χ4v) is 6.84. The third-order valence-electron chi connectivity index (χ3n) is 6.49. The number of ether oxygens (including phenoxy) is 2. The second kappa shape index (κ2) is 9.94. The molecule has 2 N–H and O–H groups in total. The van der Waals surface area contributed by atoms with E-state index in [4.69, 9.17) is 9.47 Å². The number of nitrogens with one attached hydrogen (secondary N) is 1. The van der Waals surface area contributed by atoms with Crippen LogP contribution in [0.4, 0.5) is 21.6 Å². The maximum atomic E-state index is 14.1. The van der Waals surface area contributed by atoms with E-state index in [0.29, 0.717) is 76.8 Å². The highest BCUT2D eigenvalue weighted by atomic mass is 32.2. The highest BCUT2D eigenvalue weighted by Crippen LogP contribution is 2.38. The molecule has 2 fully saturated rings. The predicted octanol–water partition coefficient (Wildman–Crippen LogP) is 5.10. The second-order valence-electron chi connectivity index (χ2n) is 9.06. The number of anilines is 2. The Kier molecular flexibility index (Phi) is 6.75. The van der Waals surface area contributed by atoms with Crippen molar-refractivity contribution in [2.24, 2.45) is 4.36 Å². The van der Waals surface area contributed by atoms with Gasteiger partial charge in [-0.3, -0.25) is 0 Å². The molecule has 1 aliphatic heterocycles. The molecule has 10 heteroatoms. The Labute approximate surface area is 204 Å². The van der Waals surface area contributed by atoms with Crippen molar-refractivity contribution >= 4 is 37.8 Å². The maximum absolute atomic E-state index is 14.1. The number of hydrogen-bond acceptors (Lipinski definition) is 8. The first kappa shape index (κ1) is 23.7. The van der Waals surface area contributed by atoms with Gasteiger partial charge in [0, 0.05) is 23.6 Å². The summed E-state index contributed by atoms with van der Waals surface area (Å²) in [5.41, 5.74) is 1.71. The van der Waals surface area contributed by atoms with Crippen molar-refractivity contribution in [3.05, 3.63) is 42.5 Å². The Morgan fingerprint density at radius 1 is 1.09 bits per heavy atom. The number of halogens is 1. The minimum atomic E-state index is -2.24. The first-order valence-corrected chi connectivity index (χ1v) is 13.7. The van der Waals surface area contributed by atoms with Crippen LogP contribution in [0, 0.1) is 5.82 Å². The van der Waals surface area contributed by atoms with Crippen LogP contribution >= 0.6 is 0 Å². The lowest BCUT2D eigenvalue weighted by atomic mass is 9.95. The molecular formula is C25H29FN4O4S. The van der Waals surface area contributed by atoms with Crippen molar-refractivity contribution in [3.63, 3.8) is 0 Å². The highest BCUT2D eigenvalue weighted by molar-refractivity contribution is 7.93. The summed E-state index contributed by atoms with van der Waals surface area (Å²) in [5, 5.41) is 13.7. The number of aliphatic hydroxyl groups is 1. The summed E-state index contributed by atoms with van der Waals surface area (Å²) in [6.07, 6.45) is 5.61. The van der Waals surface area contributed by atoms with Crippen LogP contribution in [0.25, 0.3) is 10.9 Å². The van der Waals surface area contributed by atoms with Gasteiger partial charge in [-0.15, -0.1) is 0 Å². The lowest BCUT2D eigenvalue weighted by Crippen LogP contribution is -2.26. The fraction of sp³-hybridized carbons (Fsp3) is 0.440. The summed E-state index contributed by atoms with van der Waals surface area (Å²) in [4.78, 5) is 8.79. The fourth-order valence-electron chi connectivity index (χ4n) is 4.66. The third-order valence-corrected chi connectivity index (χ3v) is 8.89. The van der Waals surface area contributed by atoms with E-state index in [9.17, 15) is 13.7 Å². The Morgan fingerprint density at radius 3 is 2.60 bits per heavy atom. The predicted molar refractivity (Wildman–Crippen MR) is 134 cm³/mol. The van der Waals surface area contributed by atoms with Crippen molar-refractivity contribution in [3.8, 4) is 11.5 Å². The van der Waals surface area contributed by atoms with E-state index in [1.54, 1.807) is 25.3 Å². The number of aliphatic hydroxyl groups excluding tert-OH is 1. The van der Waals surface area contributed by atoms with Gasteiger partial charge in [0.05, 0.1) is 51.3 Å². The lowest BCUT2D eigenvalue weighted by molar-refractivity contribution is 0.0668. The topological polar surface area (TPSA) is 106 Å². The van der Waals surface area contributed by atoms with E-state index in [2.05, 4.69) is 19.6 Å². The number of aromatic nitrogens is 2. The average Bonchev–Trinajstić information content (AvgIpc) is 3.27. The van der Waals surface area contributed by atoms with Crippen LogP contribution in [0.3, 0.4) is 0 Å². The average molecular weight is 501 g/mol. The van der Waals surface area contributed by atoms with E-state index in [-0.39, 0.29) is 12.2 Å². The standard InChI is InChI=1S/C25H29FN4O4S/c1-33-23-14-17(30-35(32)10-2-3-11-35)13-21-24(23)25(28-15-27-21)29-20-9-4-16(26)12-22(20)34-19-7-5-18(31)6-8-19/h4,9,12-15,18-19,31H,2-3,5-8,10-11H2,1H3,(H,27,28,29). The number of rotatable bonds is 6. The summed E-state index contributed by atoms with van der Waals surface area (Å²) >= 11 is 0. The Bertz CT molecular complexity index is 1340. The molecule has 1 saturated heterocycles. The molecule has 5 rings (SSSR count). The summed E-state index contributed by atoms with van der Waals surface area (Å²) in [6, 6.07) is 7.85. The van der Waals surface area contributed by atoms with E-state index >= 15 is 0 Å². The zero-order chi connectivity index (χ0) is 24.4. The van der Waals surface area contributed by atoms with E-state index in [0.717, 1.165) is 12.8 Å². The van der Waals surface area contributed by atoms with Crippen LogP contribution in [-0.2, 0) is 9.73 Å². The smallest absolute Gasteiger partial charge is 0.146 e. The summed E-state index contributed by atoms with van der Waals surface area (Å²) in [5.74, 6) is 2.16. The zero-order valence-corrected chi connectivity index (χ0v) is 20.4. The Morgan fingerprint density at radius 2 is 1.86 bits per heavy atom. The van der Waals surface area contributed by atoms with Gasteiger partial charge in [0.25, 0.3) is 0 Å². The summed E-state index contributed by atoms with van der Waals surface area (Å²) < 4.78 is 43.3. The molecule has 0 bridgehead atoms. The van der Waals surface area contributed by atoms with Gasteiger partial charge in [0.2, 0.25) is 0 Å². The first-order chi connectivity index (χ1) is 16.9. The Balaban J connectivity index is 1.49. The molecule has 0 unspecified atom stereocenters. The van der Waals surface area contributed by atoms with Crippen LogP contribution in [0.5, 0.6) is 11.5 Å². The summed E-state index contributed by atoms with van der Waals surface area (Å²) in [6.45, 7) is 0. The van der Waals surface area contributed by atoms with Gasteiger partial charge in [-0.25, -0.2) is 18.6 Å². The maximum Gasteiger partial charge on any atom is 0.146 e. The number of fused-ring (bicyclic) bond motifs is 1. The SMILES string of the molecule is COc1cc(N=S2(=O)CCCC2)cc2ncnc(Nc3ccc(F)cc3OC3CCC(O)CC3)c12. The molecule has 2 heterocycles. The van der Waals surface area contributed by atoms with Crippen molar-refractivity contribution in [1.29, 1.82) is 0 Å². The molecule has 1 aliphatic carbocycles. The van der Waals surface area contributed by atoms with Gasteiger partial charge in [-0.05, 0) is 56.7 Å². The normalized spacial score (nSPS) is 21.6. The van der Waals surface area contributed by atoms with Crippen LogP contribution in [0.15, 0.2) is 41.0 Å². The molecule has 0 amide bonds. The number of hydrogen-bond donors (Lipinski definition) is 2. The molecule has 0 atom stereocenters. The number of benzene rings is 2. The lowest BCUT2D eigenvalue weighted by Gasteiger charge is -2.27. The first-order valence-electron chi connectivity index (χ1n) is 11.9.